The van der Waals surface area contributed by atoms with E-state index >= 15 is 0 Å². The summed E-state index contributed by atoms with van der Waals surface area (Å²) >= 11 is 0. The Labute approximate surface area is 121 Å². The first-order chi connectivity index (χ1) is 10.1. The molecule has 0 aliphatic carbocycles. The average Bonchev–Trinajstić information content (AvgIpc) is 2.51. The van der Waals surface area contributed by atoms with Crippen LogP contribution in [0.5, 0.6) is 5.75 Å². The first kappa shape index (κ1) is 14.5. The molecule has 0 heterocycles. The highest BCUT2D eigenvalue weighted by Gasteiger charge is 2.04. The van der Waals surface area contributed by atoms with Crippen molar-refractivity contribution < 1.29 is 14.3 Å². The molecule has 0 saturated carbocycles. The van der Waals surface area contributed by atoms with Gasteiger partial charge in [-0.1, -0.05) is 17.3 Å². The van der Waals surface area contributed by atoms with Crippen molar-refractivity contribution in [2.75, 3.05) is 0 Å². The van der Waals surface area contributed by atoms with E-state index < -0.39 is 5.82 Å². The predicted octanol–water partition coefficient (Wildman–Crippen LogP) is 3.47. The molecule has 4 nitrogen and oxygen atoms in total. The van der Waals surface area contributed by atoms with Crippen LogP contribution in [-0.4, -0.2) is 10.9 Å². The van der Waals surface area contributed by atoms with Crippen LogP contribution in [0.15, 0.2) is 47.6 Å². The second kappa shape index (κ2) is 6.53. The molecule has 106 valence electrons. The van der Waals surface area contributed by atoms with E-state index in [4.69, 9.17) is 15.2 Å². The smallest absolute Gasteiger partial charge is 0.124 e. The molecule has 0 saturated heterocycles. The molecule has 0 amide bonds. The number of nitrogens with zero attached hydrogens (tertiary/aromatic N) is 2. The summed E-state index contributed by atoms with van der Waals surface area (Å²) < 4.78 is 18.9. The molecule has 0 aliphatic heterocycles. The molecule has 21 heavy (non-hydrogen) atoms. The van der Waals surface area contributed by atoms with E-state index in [0.717, 1.165) is 5.56 Å². The molecule has 5 heteroatoms. The van der Waals surface area contributed by atoms with Gasteiger partial charge in [0.25, 0.3) is 0 Å². The molecule has 0 aliphatic rings. The third kappa shape index (κ3) is 3.80. The summed E-state index contributed by atoms with van der Waals surface area (Å²) in [4.78, 5) is 0. The van der Waals surface area contributed by atoms with E-state index in [1.807, 2.05) is 6.07 Å². The first-order valence-corrected chi connectivity index (χ1v) is 6.24. The third-order valence-corrected chi connectivity index (χ3v) is 2.89. The van der Waals surface area contributed by atoms with Crippen LogP contribution >= 0.6 is 0 Å². The minimum atomic E-state index is -0.468. The highest BCUT2D eigenvalue weighted by Crippen LogP contribution is 2.17. The van der Waals surface area contributed by atoms with Crippen molar-refractivity contribution in [2.24, 2.45) is 5.16 Å². The molecule has 0 aromatic heterocycles. The van der Waals surface area contributed by atoms with Crippen molar-refractivity contribution >= 4 is 5.71 Å². The van der Waals surface area contributed by atoms with Crippen molar-refractivity contribution in [1.82, 2.24) is 0 Å². The van der Waals surface area contributed by atoms with Crippen LogP contribution in [-0.2, 0) is 6.61 Å². The van der Waals surface area contributed by atoms with Crippen LogP contribution in [0.3, 0.4) is 0 Å². The fourth-order valence-corrected chi connectivity index (χ4v) is 1.83. The zero-order valence-electron chi connectivity index (χ0n) is 11.4. The van der Waals surface area contributed by atoms with Crippen molar-refractivity contribution in [1.29, 1.82) is 5.26 Å². The van der Waals surface area contributed by atoms with Crippen molar-refractivity contribution in [3.8, 4) is 11.8 Å². The van der Waals surface area contributed by atoms with E-state index in [-0.39, 0.29) is 12.2 Å². The lowest BCUT2D eigenvalue weighted by Gasteiger charge is -2.08. The fraction of sp³-hybridized carbons (Fsp3) is 0.125. The SMILES string of the molecule is C/C(=N/O)c1cccc(OCc2cc(F)cc(C#N)c2)c1. The zero-order valence-corrected chi connectivity index (χ0v) is 11.4. The molecule has 0 atom stereocenters. The molecule has 0 spiro atoms. The van der Waals surface area contributed by atoms with Gasteiger partial charge >= 0.3 is 0 Å². The lowest BCUT2D eigenvalue weighted by Crippen LogP contribution is -1.99. The monoisotopic (exact) mass is 284 g/mol. The Balaban J connectivity index is 2.13. The fourth-order valence-electron chi connectivity index (χ4n) is 1.83. The molecule has 0 radical (unpaired) electrons. The molecule has 2 rings (SSSR count). The Hall–Kier alpha value is -2.87. The normalized spacial score (nSPS) is 11.0. The summed E-state index contributed by atoms with van der Waals surface area (Å²) in [6.45, 7) is 1.82. The van der Waals surface area contributed by atoms with Gasteiger partial charge < -0.3 is 9.94 Å². The maximum absolute atomic E-state index is 13.3. The molecular weight excluding hydrogens is 271 g/mol. The van der Waals surface area contributed by atoms with Gasteiger partial charge in [-0.2, -0.15) is 5.26 Å². The van der Waals surface area contributed by atoms with Gasteiger partial charge in [0.1, 0.15) is 18.2 Å². The summed E-state index contributed by atoms with van der Waals surface area (Å²) in [7, 11) is 0. The largest absolute Gasteiger partial charge is 0.489 e. The van der Waals surface area contributed by atoms with Crippen LogP contribution in [0, 0.1) is 17.1 Å². The van der Waals surface area contributed by atoms with Crippen LogP contribution in [0.2, 0.25) is 0 Å². The van der Waals surface area contributed by atoms with Crippen LogP contribution < -0.4 is 4.74 Å². The highest BCUT2D eigenvalue weighted by molar-refractivity contribution is 5.98. The van der Waals surface area contributed by atoms with E-state index in [1.165, 1.54) is 12.1 Å². The lowest BCUT2D eigenvalue weighted by molar-refractivity contribution is 0.305. The van der Waals surface area contributed by atoms with Crippen molar-refractivity contribution in [3.63, 3.8) is 0 Å². The predicted molar refractivity (Wildman–Crippen MR) is 75.9 cm³/mol. The maximum atomic E-state index is 13.3. The standard InChI is InChI=1S/C16H13FN2O2/c1-11(19-20)14-3-2-4-16(8-14)21-10-13-5-12(9-18)6-15(17)7-13/h2-8,20H,10H2,1H3/b19-11-. The Morgan fingerprint density at radius 2 is 2.14 bits per heavy atom. The average molecular weight is 284 g/mol. The van der Waals surface area contributed by atoms with Gasteiger partial charge in [-0.25, -0.2) is 4.39 Å². The lowest BCUT2D eigenvalue weighted by atomic mass is 10.1. The number of hydrogen-bond acceptors (Lipinski definition) is 4. The molecular formula is C16H13FN2O2. The van der Waals surface area contributed by atoms with Gasteiger partial charge in [-0.05, 0) is 42.8 Å². The van der Waals surface area contributed by atoms with E-state index in [0.29, 0.717) is 17.0 Å². The maximum Gasteiger partial charge on any atom is 0.124 e. The summed E-state index contributed by atoms with van der Waals surface area (Å²) in [5.41, 5.74) is 2.03. The molecule has 0 fully saturated rings. The molecule has 0 unspecified atom stereocenters. The minimum absolute atomic E-state index is 0.144. The first-order valence-electron chi connectivity index (χ1n) is 6.24. The van der Waals surface area contributed by atoms with Crippen LogP contribution in [0.1, 0.15) is 23.6 Å². The molecule has 0 bridgehead atoms. The van der Waals surface area contributed by atoms with Crippen LogP contribution in [0.25, 0.3) is 0 Å². The Morgan fingerprint density at radius 1 is 1.33 bits per heavy atom. The molecule has 2 aromatic carbocycles. The Morgan fingerprint density at radius 3 is 2.86 bits per heavy atom. The van der Waals surface area contributed by atoms with Crippen molar-refractivity contribution in [3.05, 3.63) is 65.0 Å². The topological polar surface area (TPSA) is 65.6 Å². The number of benzene rings is 2. The summed E-state index contributed by atoms with van der Waals surface area (Å²) in [6, 6.07) is 13.0. The Kier molecular flexibility index (Phi) is 4.52. The van der Waals surface area contributed by atoms with Gasteiger partial charge in [0.15, 0.2) is 0 Å². The summed E-state index contributed by atoms with van der Waals surface area (Å²) in [6.07, 6.45) is 0. The number of oxime groups is 1. The van der Waals surface area contributed by atoms with E-state index in [9.17, 15) is 4.39 Å². The second-order valence-electron chi connectivity index (χ2n) is 4.46. The van der Waals surface area contributed by atoms with Gasteiger partial charge in [0, 0.05) is 5.56 Å². The van der Waals surface area contributed by atoms with Gasteiger partial charge in [-0.3, -0.25) is 0 Å². The quantitative estimate of drug-likeness (QED) is 0.531. The number of hydrogen-bond donors (Lipinski definition) is 1. The molecule has 1 N–H and O–H groups in total. The zero-order chi connectivity index (χ0) is 15.2. The molecule has 2 aromatic rings. The highest BCUT2D eigenvalue weighted by atomic mass is 19.1. The Bertz CT molecular complexity index is 720. The number of nitriles is 1. The van der Waals surface area contributed by atoms with Gasteiger partial charge in [0.2, 0.25) is 0 Å². The number of ether oxygens (including phenoxy) is 1. The third-order valence-electron chi connectivity index (χ3n) is 2.89. The van der Waals surface area contributed by atoms with Crippen molar-refractivity contribution in [2.45, 2.75) is 13.5 Å². The van der Waals surface area contributed by atoms with Gasteiger partial charge in [-0.15, -0.1) is 0 Å². The minimum Gasteiger partial charge on any atom is -0.489 e. The van der Waals surface area contributed by atoms with E-state index in [1.54, 1.807) is 37.3 Å². The summed E-state index contributed by atoms with van der Waals surface area (Å²) in [5.74, 6) is 0.0999. The van der Waals surface area contributed by atoms with Gasteiger partial charge in [0.05, 0.1) is 17.3 Å². The second-order valence-corrected chi connectivity index (χ2v) is 4.46. The number of halogens is 1. The summed E-state index contributed by atoms with van der Waals surface area (Å²) in [5, 5.41) is 20.7. The van der Waals surface area contributed by atoms with Crippen LogP contribution in [0.4, 0.5) is 4.39 Å². The van der Waals surface area contributed by atoms with E-state index in [2.05, 4.69) is 5.16 Å². The number of rotatable bonds is 4.